The summed E-state index contributed by atoms with van der Waals surface area (Å²) in [6.07, 6.45) is 6.71. The van der Waals surface area contributed by atoms with Gasteiger partial charge in [-0.05, 0) is 30.2 Å². The summed E-state index contributed by atoms with van der Waals surface area (Å²) in [4.78, 5) is 0. The lowest BCUT2D eigenvalue weighted by Gasteiger charge is -2.02. The second kappa shape index (κ2) is 4.18. The molecule has 0 aliphatic rings. The molecule has 0 spiro atoms. The Hall–Kier alpha value is -2.30. The first-order valence-corrected chi connectivity index (χ1v) is 5.91. The van der Waals surface area contributed by atoms with E-state index in [1.165, 1.54) is 5.56 Å². The zero-order valence-electron chi connectivity index (χ0n) is 10.2. The molecule has 92 valence electrons. The minimum atomic E-state index is 0.769. The van der Waals surface area contributed by atoms with Crippen molar-refractivity contribution in [3.05, 3.63) is 42.4 Å². The smallest absolute Gasteiger partial charge is 0.0702 e. The van der Waals surface area contributed by atoms with Gasteiger partial charge in [0, 0.05) is 30.9 Å². The Morgan fingerprint density at radius 1 is 1.22 bits per heavy atom. The molecule has 1 aromatic carbocycles. The SMILES string of the molecule is Cn1cc(CCn2ncc3ccc(N)cc32)cn1. The van der Waals surface area contributed by atoms with Crippen LogP contribution in [0, 0.1) is 0 Å². The quantitative estimate of drug-likeness (QED) is 0.708. The summed E-state index contributed by atoms with van der Waals surface area (Å²) in [5.74, 6) is 0. The molecule has 0 amide bonds. The van der Waals surface area contributed by atoms with Crippen LogP contribution in [0.5, 0.6) is 0 Å². The van der Waals surface area contributed by atoms with Crippen LogP contribution in [0.25, 0.3) is 10.9 Å². The van der Waals surface area contributed by atoms with Gasteiger partial charge in [-0.3, -0.25) is 9.36 Å². The van der Waals surface area contributed by atoms with Gasteiger partial charge in [-0.1, -0.05) is 0 Å². The molecular formula is C13H15N5. The van der Waals surface area contributed by atoms with Gasteiger partial charge in [0.1, 0.15) is 0 Å². The van der Waals surface area contributed by atoms with Crippen molar-refractivity contribution in [1.82, 2.24) is 19.6 Å². The number of aryl methyl sites for hydroxylation is 3. The maximum atomic E-state index is 5.81. The predicted molar refractivity (Wildman–Crippen MR) is 71.1 cm³/mol. The van der Waals surface area contributed by atoms with Gasteiger partial charge >= 0.3 is 0 Å². The van der Waals surface area contributed by atoms with Crippen LogP contribution in [-0.4, -0.2) is 19.6 Å². The Labute approximate surface area is 105 Å². The van der Waals surface area contributed by atoms with E-state index in [4.69, 9.17) is 5.73 Å². The maximum absolute atomic E-state index is 5.81. The van der Waals surface area contributed by atoms with Gasteiger partial charge in [0.2, 0.25) is 0 Å². The van der Waals surface area contributed by atoms with Gasteiger partial charge in [0.15, 0.2) is 0 Å². The maximum Gasteiger partial charge on any atom is 0.0702 e. The second-order valence-corrected chi connectivity index (χ2v) is 4.46. The molecule has 2 N–H and O–H groups in total. The van der Waals surface area contributed by atoms with Crippen molar-refractivity contribution in [2.75, 3.05) is 5.73 Å². The molecule has 3 rings (SSSR count). The van der Waals surface area contributed by atoms with Crippen LogP contribution in [0.15, 0.2) is 36.8 Å². The number of nitrogens with two attached hydrogens (primary N) is 1. The van der Waals surface area contributed by atoms with E-state index >= 15 is 0 Å². The lowest BCUT2D eigenvalue weighted by Crippen LogP contribution is -2.02. The van der Waals surface area contributed by atoms with Gasteiger partial charge in [-0.25, -0.2) is 0 Å². The number of hydrogen-bond donors (Lipinski definition) is 1. The first kappa shape index (κ1) is 10.8. The number of rotatable bonds is 3. The van der Waals surface area contributed by atoms with E-state index in [-0.39, 0.29) is 0 Å². The van der Waals surface area contributed by atoms with Crippen LogP contribution in [0.4, 0.5) is 5.69 Å². The zero-order valence-corrected chi connectivity index (χ0v) is 10.2. The van der Waals surface area contributed by atoms with Crippen molar-refractivity contribution >= 4 is 16.6 Å². The van der Waals surface area contributed by atoms with Gasteiger partial charge in [-0.2, -0.15) is 10.2 Å². The standard InChI is InChI=1S/C13H15N5/c1-17-9-10(7-15-17)4-5-18-13-6-12(14)3-2-11(13)8-16-18/h2-3,6-9H,4-5,14H2,1H3. The second-order valence-electron chi connectivity index (χ2n) is 4.46. The van der Waals surface area contributed by atoms with Crippen LogP contribution < -0.4 is 5.73 Å². The molecule has 0 saturated heterocycles. The van der Waals surface area contributed by atoms with Crippen molar-refractivity contribution in [2.45, 2.75) is 13.0 Å². The highest BCUT2D eigenvalue weighted by Crippen LogP contribution is 2.17. The van der Waals surface area contributed by atoms with E-state index < -0.39 is 0 Å². The molecule has 2 aromatic heterocycles. The lowest BCUT2D eigenvalue weighted by atomic mass is 10.2. The van der Waals surface area contributed by atoms with Crippen LogP contribution in [0.3, 0.4) is 0 Å². The average Bonchev–Trinajstić information content (AvgIpc) is 2.93. The third-order valence-electron chi connectivity index (χ3n) is 3.04. The van der Waals surface area contributed by atoms with Crippen molar-refractivity contribution in [1.29, 1.82) is 0 Å². The molecule has 0 saturated carbocycles. The van der Waals surface area contributed by atoms with Crippen LogP contribution in [0.1, 0.15) is 5.56 Å². The molecule has 0 aliphatic heterocycles. The third kappa shape index (κ3) is 1.95. The molecule has 5 nitrogen and oxygen atoms in total. The highest BCUT2D eigenvalue weighted by atomic mass is 15.3. The van der Waals surface area contributed by atoms with Crippen molar-refractivity contribution in [3.63, 3.8) is 0 Å². The molecule has 0 bridgehead atoms. The highest BCUT2D eigenvalue weighted by Gasteiger charge is 2.04. The molecular weight excluding hydrogens is 226 g/mol. The third-order valence-corrected chi connectivity index (χ3v) is 3.04. The summed E-state index contributed by atoms with van der Waals surface area (Å²) < 4.78 is 3.80. The van der Waals surface area contributed by atoms with Crippen molar-refractivity contribution in [3.8, 4) is 0 Å². The van der Waals surface area contributed by atoms with Crippen molar-refractivity contribution in [2.24, 2.45) is 7.05 Å². The fourth-order valence-corrected chi connectivity index (χ4v) is 2.10. The fraction of sp³-hybridized carbons (Fsp3) is 0.231. The number of aromatic nitrogens is 4. The minimum absolute atomic E-state index is 0.769. The van der Waals surface area contributed by atoms with E-state index in [1.807, 2.05) is 53.2 Å². The number of benzene rings is 1. The molecule has 0 radical (unpaired) electrons. The number of hydrogen-bond acceptors (Lipinski definition) is 3. The first-order valence-electron chi connectivity index (χ1n) is 5.91. The predicted octanol–water partition coefficient (Wildman–Crippen LogP) is 1.59. The Kier molecular flexibility index (Phi) is 2.51. The first-order chi connectivity index (χ1) is 8.72. The summed E-state index contributed by atoms with van der Waals surface area (Å²) in [5, 5.41) is 9.67. The number of nitrogens with zero attached hydrogens (tertiary/aromatic N) is 4. The van der Waals surface area contributed by atoms with E-state index in [2.05, 4.69) is 10.2 Å². The van der Waals surface area contributed by atoms with E-state index in [0.717, 1.165) is 29.6 Å². The number of fused-ring (bicyclic) bond motifs is 1. The monoisotopic (exact) mass is 241 g/mol. The minimum Gasteiger partial charge on any atom is -0.399 e. The molecule has 0 unspecified atom stereocenters. The Bertz CT molecular complexity index is 680. The van der Waals surface area contributed by atoms with Gasteiger partial charge in [0.25, 0.3) is 0 Å². The lowest BCUT2D eigenvalue weighted by molar-refractivity contribution is 0.635. The zero-order chi connectivity index (χ0) is 12.5. The molecule has 5 heteroatoms. The van der Waals surface area contributed by atoms with Gasteiger partial charge < -0.3 is 5.73 Å². The molecule has 0 atom stereocenters. The van der Waals surface area contributed by atoms with Crippen LogP contribution >= 0.6 is 0 Å². The molecule has 0 aliphatic carbocycles. The van der Waals surface area contributed by atoms with Gasteiger partial charge in [0.05, 0.1) is 17.9 Å². The number of nitrogen functional groups attached to an aromatic ring is 1. The summed E-state index contributed by atoms with van der Waals surface area (Å²) >= 11 is 0. The normalized spacial score (nSPS) is 11.2. The Morgan fingerprint density at radius 2 is 2.11 bits per heavy atom. The Morgan fingerprint density at radius 3 is 2.89 bits per heavy atom. The molecule has 3 aromatic rings. The summed E-state index contributed by atoms with van der Waals surface area (Å²) in [5.41, 5.74) is 8.87. The molecule has 0 fully saturated rings. The van der Waals surface area contributed by atoms with Crippen molar-refractivity contribution < 1.29 is 0 Å². The van der Waals surface area contributed by atoms with E-state index in [0.29, 0.717) is 0 Å². The summed E-state index contributed by atoms with van der Waals surface area (Å²) in [6, 6.07) is 5.86. The fourth-order valence-electron chi connectivity index (χ4n) is 2.10. The van der Waals surface area contributed by atoms with Crippen LogP contribution in [0.2, 0.25) is 0 Å². The summed E-state index contributed by atoms with van der Waals surface area (Å²) in [7, 11) is 1.92. The summed E-state index contributed by atoms with van der Waals surface area (Å²) in [6.45, 7) is 0.832. The van der Waals surface area contributed by atoms with Gasteiger partial charge in [-0.15, -0.1) is 0 Å². The topological polar surface area (TPSA) is 61.7 Å². The Balaban J connectivity index is 1.84. The highest BCUT2D eigenvalue weighted by molar-refractivity contribution is 5.81. The largest absolute Gasteiger partial charge is 0.399 e. The van der Waals surface area contributed by atoms with Crippen LogP contribution in [-0.2, 0) is 20.0 Å². The number of anilines is 1. The van der Waals surface area contributed by atoms with E-state index in [1.54, 1.807) is 0 Å². The van der Waals surface area contributed by atoms with E-state index in [9.17, 15) is 0 Å². The molecule has 2 heterocycles. The average molecular weight is 241 g/mol. The molecule has 18 heavy (non-hydrogen) atoms.